The number of H-pyrrole nitrogens is 1. The third-order valence-electron chi connectivity index (χ3n) is 3.72. The summed E-state index contributed by atoms with van der Waals surface area (Å²) >= 11 is 6.10. The molecule has 1 aromatic carbocycles. The molecule has 0 unspecified atom stereocenters. The molecule has 3 amide bonds. The molecule has 0 saturated heterocycles. The first-order chi connectivity index (χ1) is 12.0. The lowest BCUT2D eigenvalue weighted by molar-refractivity contribution is -0.117. The smallest absolute Gasteiger partial charge is 0.326 e. The molecule has 0 spiro atoms. The van der Waals surface area contributed by atoms with Crippen LogP contribution in [0.2, 0.25) is 0 Å². The summed E-state index contributed by atoms with van der Waals surface area (Å²) in [5, 5.41) is 13.3. The number of carbonyl (C=O) groups is 2. The molecule has 3 rings (SSSR count). The molecule has 2 aromatic heterocycles. The second kappa shape index (κ2) is 7.03. The Morgan fingerprint density at radius 2 is 2.12 bits per heavy atom. The van der Waals surface area contributed by atoms with E-state index in [9.17, 15) is 9.59 Å². The molecule has 2 heterocycles. The Morgan fingerprint density at radius 3 is 2.80 bits per heavy atom. The van der Waals surface area contributed by atoms with Gasteiger partial charge in [-0.3, -0.25) is 20.5 Å². The first-order valence-electron chi connectivity index (χ1n) is 7.44. The maximum atomic E-state index is 12.3. The molecule has 5 N–H and O–H groups in total. The predicted octanol–water partition coefficient (Wildman–Crippen LogP) is 2.75. The largest absolute Gasteiger partial charge is 0.370 e. The fraction of sp³-hybridized carbons (Fsp3) is 0.200. The number of amides is 3. The summed E-state index contributed by atoms with van der Waals surface area (Å²) in [5.74, 6) is 0.221. The van der Waals surface area contributed by atoms with E-state index in [-0.39, 0.29) is 12.3 Å². The van der Waals surface area contributed by atoms with Gasteiger partial charge in [-0.2, -0.15) is 0 Å². The topological polar surface area (TPSA) is 118 Å². The van der Waals surface area contributed by atoms with Crippen molar-refractivity contribution in [3.8, 4) is 0 Å². The van der Waals surface area contributed by atoms with Crippen molar-refractivity contribution < 1.29 is 9.59 Å². The Hall–Kier alpha value is -2.72. The molecule has 130 valence electrons. The molecular weight excluding hydrogens is 360 g/mol. The lowest BCUT2D eigenvalue weighted by atomic mass is 10.1. The molecule has 10 heteroatoms. The molecule has 0 atom stereocenters. The van der Waals surface area contributed by atoms with Gasteiger partial charge in [-0.15, -0.1) is 5.10 Å². The second-order valence-corrected chi connectivity index (χ2v) is 7.03. The number of aromatic amines is 1. The molecule has 0 bridgehead atoms. The Morgan fingerprint density at radius 1 is 1.36 bits per heavy atom. The highest BCUT2D eigenvalue weighted by Gasteiger charge is 2.18. The molecule has 0 aliphatic rings. The number of fused-ring (bicyclic) bond motifs is 1. The van der Waals surface area contributed by atoms with E-state index in [4.69, 9.17) is 18.0 Å². The van der Waals surface area contributed by atoms with E-state index < -0.39 is 6.03 Å². The highest BCUT2D eigenvalue weighted by Crippen LogP contribution is 2.30. The quantitative estimate of drug-likeness (QED) is 0.512. The third kappa shape index (κ3) is 3.69. The minimum Gasteiger partial charge on any atom is -0.370 e. The average molecular weight is 376 g/mol. The number of carbonyl (C=O) groups excluding carboxylic acids is 2. The van der Waals surface area contributed by atoms with Crippen molar-refractivity contribution in [2.75, 3.05) is 10.6 Å². The van der Waals surface area contributed by atoms with Crippen molar-refractivity contribution in [2.45, 2.75) is 12.8 Å². The number of benzene rings is 1. The van der Waals surface area contributed by atoms with Crippen molar-refractivity contribution >= 4 is 57.3 Å². The van der Waals surface area contributed by atoms with Crippen LogP contribution in [0.15, 0.2) is 24.3 Å². The first kappa shape index (κ1) is 17.1. The number of para-hydroxylation sites is 1. The van der Waals surface area contributed by atoms with Gasteiger partial charge in [-0.1, -0.05) is 29.5 Å². The van der Waals surface area contributed by atoms with Crippen LogP contribution in [0.25, 0.3) is 10.9 Å². The fourth-order valence-corrected chi connectivity index (χ4v) is 3.44. The maximum absolute atomic E-state index is 12.3. The highest BCUT2D eigenvalue weighted by molar-refractivity contribution is 7.73. The van der Waals surface area contributed by atoms with Gasteiger partial charge in [0.1, 0.15) is 5.82 Å². The van der Waals surface area contributed by atoms with E-state index in [0.717, 1.165) is 27.8 Å². The molecule has 25 heavy (non-hydrogen) atoms. The van der Waals surface area contributed by atoms with Gasteiger partial charge in [0, 0.05) is 29.9 Å². The van der Waals surface area contributed by atoms with Crippen LogP contribution in [-0.4, -0.2) is 26.7 Å². The minimum absolute atomic E-state index is 0.199. The summed E-state index contributed by atoms with van der Waals surface area (Å²) in [4.78, 5) is 23.5. The SMILES string of the molecule is Cn1c(NC(=O)Nc2n[nH]c(=S)s2)c(CCC(N)=O)c2ccccc21. The minimum atomic E-state index is -0.441. The Bertz CT molecular complexity index is 1000. The molecule has 0 aliphatic carbocycles. The van der Waals surface area contributed by atoms with Crippen LogP contribution in [0.5, 0.6) is 0 Å². The van der Waals surface area contributed by atoms with Crippen molar-refractivity contribution in [3.63, 3.8) is 0 Å². The normalized spacial score (nSPS) is 10.8. The average Bonchev–Trinajstić information content (AvgIpc) is 3.08. The standard InChI is InChI=1S/C15H16N6O2S2/c1-21-10-5-3-2-4-8(10)9(6-7-11(16)22)12(21)17-13(23)18-14-19-20-15(24)25-14/h2-5H,6-7H2,1H3,(H2,16,22)(H,20,24)(H2,17,18,19,23). The van der Waals surface area contributed by atoms with E-state index in [2.05, 4.69) is 20.8 Å². The van der Waals surface area contributed by atoms with Crippen LogP contribution in [0.4, 0.5) is 15.7 Å². The van der Waals surface area contributed by atoms with Crippen LogP contribution < -0.4 is 16.4 Å². The predicted molar refractivity (Wildman–Crippen MR) is 100 cm³/mol. The monoisotopic (exact) mass is 376 g/mol. The number of nitrogens with two attached hydrogens (primary N) is 1. The zero-order valence-electron chi connectivity index (χ0n) is 13.3. The zero-order valence-corrected chi connectivity index (χ0v) is 15.0. The number of nitrogens with zero attached hydrogens (tertiary/aromatic N) is 2. The molecule has 8 nitrogen and oxygen atoms in total. The number of urea groups is 1. The van der Waals surface area contributed by atoms with Crippen LogP contribution in [-0.2, 0) is 18.3 Å². The summed E-state index contributed by atoms with van der Waals surface area (Å²) in [6.07, 6.45) is 0.638. The Labute approximate surface area is 152 Å². The lowest BCUT2D eigenvalue weighted by Gasteiger charge is -2.09. The molecule has 0 radical (unpaired) electrons. The molecule has 3 aromatic rings. The number of rotatable bonds is 5. The highest BCUT2D eigenvalue weighted by atomic mass is 32.1. The van der Waals surface area contributed by atoms with Crippen molar-refractivity contribution in [1.82, 2.24) is 14.8 Å². The Kier molecular flexibility index (Phi) is 4.81. The van der Waals surface area contributed by atoms with Gasteiger partial charge in [-0.05, 0) is 24.7 Å². The Balaban J connectivity index is 1.92. The van der Waals surface area contributed by atoms with Crippen LogP contribution in [0.3, 0.4) is 0 Å². The van der Waals surface area contributed by atoms with Crippen molar-refractivity contribution in [3.05, 3.63) is 33.8 Å². The summed E-state index contributed by atoms with van der Waals surface area (Å²) < 4.78 is 2.35. The third-order valence-corrected chi connectivity index (χ3v) is 4.73. The summed E-state index contributed by atoms with van der Waals surface area (Å²) in [6, 6.07) is 7.29. The van der Waals surface area contributed by atoms with Gasteiger partial charge >= 0.3 is 6.03 Å². The van der Waals surface area contributed by atoms with E-state index >= 15 is 0 Å². The van der Waals surface area contributed by atoms with Gasteiger partial charge in [0.2, 0.25) is 11.0 Å². The van der Waals surface area contributed by atoms with Gasteiger partial charge in [-0.25, -0.2) is 4.79 Å². The number of nitrogens with one attached hydrogen (secondary N) is 3. The summed E-state index contributed by atoms with van der Waals surface area (Å²) in [5.41, 5.74) is 7.10. The first-order valence-corrected chi connectivity index (χ1v) is 8.66. The van der Waals surface area contributed by atoms with Crippen LogP contribution in [0, 0.1) is 3.95 Å². The number of anilines is 2. The van der Waals surface area contributed by atoms with Gasteiger partial charge in [0.05, 0.1) is 0 Å². The van der Waals surface area contributed by atoms with E-state index in [0.29, 0.717) is 21.3 Å². The molecular formula is C15H16N6O2S2. The number of hydrogen-bond acceptors (Lipinski definition) is 5. The number of aromatic nitrogens is 3. The number of hydrogen-bond donors (Lipinski definition) is 4. The van der Waals surface area contributed by atoms with Crippen molar-refractivity contribution in [2.24, 2.45) is 12.8 Å². The van der Waals surface area contributed by atoms with Gasteiger partial charge < -0.3 is 10.3 Å². The molecule has 0 fully saturated rings. The van der Waals surface area contributed by atoms with E-state index in [1.165, 1.54) is 0 Å². The summed E-state index contributed by atoms with van der Waals surface area (Å²) in [6.45, 7) is 0. The molecule has 0 aliphatic heterocycles. The van der Waals surface area contributed by atoms with Crippen LogP contribution in [0.1, 0.15) is 12.0 Å². The number of primary amides is 1. The fourth-order valence-electron chi connectivity index (χ4n) is 2.65. The van der Waals surface area contributed by atoms with E-state index in [1.807, 2.05) is 35.9 Å². The number of aryl methyl sites for hydroxylation is 2. The van der Waals surface area contributed by atoms with Gasteiger partial charge in [0.15, 0.2) is 3.95 Å². The lowest BCUT2D eigenvalue weighted by Crippen LogP contribution is -2.22. The van der Waals surface area contributed by atoms with Crippen molar-refractivity contribution in [1.29, 1.82) is 0 Å². The zero-order chi connectivity index (χ0) is 18.0. The van der Waals surface area contributed by atoms with Crippen LogP contribution >= 0.6 is 23.6 Å². The molecule has 0 saturated carbocycles. The summed E-state index contributed by atoms with van der Waals surface area (Å²) in [7, 11) is 1.85. The van der Waals surface area contributed by atoms with E-state index in [1.54, 1.807) is 0 Å². The van der Waals surface area contributed by atoms with Gasteiger partial charge in [0.25, 0.3) is 0 Å². The maximum Gasteiger partial charge on any atom is 0.326 e. The second-order valence-electron chi connectivity index (χ2n) is 5.37.